The number of nitrogens with zero attached hydrogens (tertiary/aromatic N) is 2. The van der Waals surface area contributed by atoms with E-state index < -0.39 is 0 Å². The summed E-state index contributed by atoms with van der Waals surface area (Å²) in [5.41, 5.74) is 0. The van der Waals surface area contributed by atoms with Gasteiger partial charge in [-0.3, -0.25) is 9.80 Å². The lowest BCUT2D eigenvalue weighted by atomic mass is 10.0. The minimum Gasteiger partial charge on any atom is -0.298 e. The molecule has 3 rings (SSSR count). The van der Waals surface area contributed by atoms with Crippen molar-refractivity contribution in [2.75, 3.05) is 26.2 Å². The number of rotatable bonds is 3. The largest absolute Gasteiger partial charge is 0.298 e. The van der Waals surface area contributed by atoms with Crippen molar-refractivity contribution in [2.45, 2.75) is 38.8 Å². The number of hydrogen-bond donors (Lipinski definition) is 0. The maximum Gasteiger partial charge on any atom is 0.0350 e. The van der Waals surface area contributed by atoms with E-state index in [0.717, 1.165) is 6.04 Å². The summed E-state index contributed by atoms with van der Waals surface area (Å²) in [5.74, 6) is 0. The zero-order valence-corrected chi connectivity index (χ0v) is 11.5. The minimum atomic E-state index is 0.858. The quantitative estimate of drug-likeness (QED) is 0.814. The molecule has 0 aromatic carbocycles. The molecule has 2 aliphatic heterocycles. The van der Waals surface area contributed by atoms with E-state index in [1.165, 1.54) is 61.7 Å². The third kappa shape index (κ3) is 2.72. The molecule has 0 N–H and O–H groups in total. The normalized spacial score (nSPS) is 23.8. The second-order valence-corrected chi connectivity index (χ2v) is 6.83. The molecule has 1 aromatic heterocycles. The molecule has 0 unspecified atom stereocenters. The fourth-order valence-corrected chi connectivity index (χ4v) is 3.91. The Hall–Kier alpha value is -0.380. The van der Waals surface area contributed by atoms with Crippen molar-refractivity contribution in [3.05, 3.63) is 21.9 Å². The van der Waals surface area contributed by atoms with Crippen LogP contribution in [0.3, 0.4) is 0 Å². The summed E-state index contributed by atoms with van der Waals surface area (Å²) in [7, 11) is 0. The predicted molar refractivity (Wildman–Crippen MR) is 73.5 cm³/mol. The van der Waals surface area contributed by atoms with Crippen molar-refractivity contribution < 1.29 is 0 Å². The number of piperidine rings is 1. The summed E-state index contributed by atoms with van der Waals surface area (Å²) < 4.78 is 0. The summed E-state index contributed by atoms with van der Waals surface area (Å²) in [4.78, 5) is 8.26. The first-order chi connectivity index (χ1) is 8.31. The van der Waals surface area contributed by atoms with Crippen molar-refractivity contribution in [1.82, 2.24) is 9.80 Å². The van der Waals surface area contributed by atoms with Gasteiger partial charge in [0.25, 0.3) is 0 Å². The molecule has 94 valence electrons. The van der Waals surface area contributed by atoms with Gasteiger partial charge in [0.1, 0.15) is 0 Å². The van der Waals surface area contributed by atoms with E-state index in [2.05, 4.69) is 28.9 Å². The van der Waals surface area contributed by atoms with Crippen LogP contribution in [0.25, 0.3) is 0 Å². The fraction of sp³-hybridized carbons (Fsp3) is 0.714. The van der Waals surface area contributed by atoms with Crippen molar-refractivity contribution in [2.24, 2.45) is 0 Å². The van der Waals surface area contributed by atoms with Crippen LogP contribution in [-0.4, -0.2) is 42.0 Å². The zero-order valence-electron chi connectivity index (χ0n) is 10.7. The Balaban J connectivity index is 1.45. The summed E-state index contributed by atoms with van der Waals surface area (Å²) in [6.45, 7) is 8.63. The highest BCUT2D eigenvalue weighted by atomic mass is 32.1. The number of aryl methyl sites for hydroxylation is 1. The van der Waals surface area contributed by atoms with E-state index in [1.807, 2.05) is 11.3 Å². The van der Waals surface area contributed by atoms with Crippen molar-refractivity contribution in [1.29, 1.82) is 0 Å². The van der Waals surface area contributed by atoms with E-state index in [0.29, 0.717) is 0 Å². The molecule has 2 nitrogen and oxygen atoms in total. The first-order valence-electron chi connectivity index (χ1n) is 6.83. The van der Waals surface area contributed by atoms with Crippen LogP contribution in [-0.2, 0) is 6.54 Å². The molecule has 17 heavy (non-hydrogen) atoms. The molecule has 2 fully saturated rings. The van der Waals surface area contributed by atoms with Gasteiger partial charge in [0.15, 0.2) is 0 Å². The summed E-state index contributed by atoms with van der Waals surface area (Å²) in [5, 5.41) is 0. The molecule has 1 aromatic rings. The predicted octanol–water partition coefficient (Wildman–Crippen LogP) is 2.73. The van der Waals surface area contributed by atoms with Crippen LogP contribution in [0.2, 0.25) is 0 Å². The maximum absolute atomic E-state index is 2.71. The lowest BCUT2D eigenvalue weighted by molar-refractivity contribution is 0.0192. The standard InChI is InChI=1S/C14H22N2S/c1-12-5-6-14(17-12)11-15-9-13(10-15)16-7-3-2-4-8-16/h5-6,13H,2-4,7-11H2,1H3. The van der Waals surface area contributed by atoms with Gasteiger partial charge in [-0.05, 0) is 45.0 Å². The molecule has 0 aliphatic carbocycles. The number of hydrogen-bond acceptors (Lipinski definition) is 3. The van der Waals surface area contributed by atoms with Crippen molar-refractivity contribution in [3.63, 3.8) is 0 Å². The van der Waals surface area contributed by atoms with E-state index in [9.17, 15) is 0 Å². The number of thiophene rings is 1. The average Bonchev–Trinajstić information content (AvgIpc) is 2.70. The van der Waals surface area contributed by atoms with Gasteiger partial charge < -0.3 is 0 Å². The topological polar surface area (TPSA) is 6.48 Å². The highest BCUT2D eigenvalue weighted by Gasteiger charge is 2.32. The molecule has 3 heterocycles. The van der Waals surface area contributed by atoms with Gasteiger partial charge in [-0.2, -0.15) is 0 Å². The lowest BCUT2D eigenvalue weighted by Crippen LogP contribution is -2.59. The Morgan fingerprint density at radius 3 is 2.59 bits per heavy atom. The Labute approximate surface area is 108 Å². The fourth-order valence-electron chi connectivity index (χ4n) is 2.98. The van der Waals surface area contributed by atoms with Crippen LogP contribution in [0.5, 0.6) is 0 Å². The van der Waals surface area contributed by atoms with Gasteiger partial charge in [0.05, 0.1) is 0 Å². The molecular weight excluding hydrogens is 228 g/mol. The average molecular weight is 250 g/mol. The molecule has 2 saturated heterocycles. The summed E-state index contributed by atoms with van der Waals surface area (Å²) in [6.07, 6.45) is 4.28. The molecule has 3 heteroatoms. The van der Waals surface area contributed by atoms with E-state index in [4.69, 9.17) is 0 Å². The van der Waals surface area contributed by atoms with Gasteiger partial charge in [-0.25, -0.2) is 0 Å². The molecule has 2 aliphatic rings. The van der Waals surface area contributed by atoms with Gasteiger partial charge in [-0.15, -0.1) is 11.3 Å². The van der Waals surface area contributed by atoms with Crippen molar-refractivity contribution >= 4 is 11.3 Å². The van der Waals surface area contributed by atoms with Crippen LogP contribution >= 0.6 is 11.3 Å². The number of likely N-dealkylation sites (tertiary alicyclic amines) is 2. The molecule has 0 bridgehead atoms. The highest BCUT2D eigenvalue weighted by molar-refractivity contribution is 7.11. The Morgan fingerprint density at radius 2 is 1.94 bits per heavy atom. The first-order valence-corrected chi connectivity index (χ1v) is 7.64. The van der Waals surface area contributed by atoms with Gasteiger partial charge in [-0.1, -0.05) is 6.42 Å². The lowest BCUT2D eigenvalue weighted by Gasteiger charge is -2.46. The molecular formula is C14H22N2S. The third-order valence-electron chi connectivity index (χ3n) is 4.02. The highest BCUT2D eigenvalue weighted by Crippen LogP contribution is 2.24. The van der Waals surface area contributed by atoms with E-state index in [1.54, 1.807) is 0 Å². The van der Waals surface area contributed by atoms with Crippen molar-refractivity contribution in [3.8, 4) is 0 Å². The molecule has 0 radical (unpaired) electrons. The van der Waals surface area contributed by atoms with Gasteiger partial charge >= 0.3 is 0 Å². The minimum absolute atomic E-state index is 0.858. The van der Waals surface area contributed by atoms with Crippen LogP contribution in [0.1, 0.15) is 29.0 Å². The van der Waals surface area contributed by atoms with E-state index >= 15 is 0 Å². The maximum atomic E-state index is 2.71. The Bertz CT molecular complexity index is 362. The first kappa shape index (κ1) is 11.7. The van der Waals surface area contributed by atoms with Crippen LogP contribution < -0.4 is 0 Å². The second-order valence-electron chi connectivity index (χ2n) is 5.46. The monoisotopic (exact) mass is 250 g/mol. The second kappa shape index (κ2) is 5.09. The Morgan fingerprint density at radius 1 is 1.18 bits per heavy atom. The molecule has 0 atom stereocenters. The van der Waals surface area contributed by atoms with Gasteiger partial charge in [0, 0.05) is 35.4 Å². The summed E-state index contributed by atoms with van der Waals surface area (Å²) in [6, 6.07) is 5.38. The molecule has 0 spiro atoms. The third-order valence-corrected chi connectivity index (χ3v) is 5.01. The molecule has 0 saturated carbocycles. The van der Waals surface area contributed by atoms with Crippen LogP contribution in [0.15, 0.2) is 12.1 Å². The smallest absolute Gasteiger partial charge is 0.0350 e. The van der Waals surface area contributed by atoms with Crippen LogP contribution in [0, 0.1) is 6.92 Å². The van der Waals surface area contributed by atoms with E-state index in [-0.39, 0.29) is 0 Å². The Kier molecular flexibility index (Phi) is 3.50. The molecule has 0 amide bonds. The SMILES string of the molecule is Cc1ccc(CN2CC(N3CCCCC3)C2)s1. The van der Waals surface area contributed by atoms with Crippen LogP contribution in [0.4, 0.5) is 0 Å². The van der Waals surface area contributed by atoms with Gasteiger partial charge in [0.2, 0.25) is 0 Å². The zero-order chi connectivity index (χ0) is 11.7. The summed E-state index contributed by atoms with van der Waals surface area (Å²) >= 11 is 1.95.